The Morgan fingerprint density at radius 3 is 3.00 bits per heavy atom. The first-order valence-electron chi connectivity index (χ1n) is 6.78. The summed E-state index contributed by atoms with van der Waals surface area (Å²) in [7, 11) is 0. The van der Waals surface area contributed by atoms with Crippen molar-refractivity contribution in [2.45, 2.75) is 13.0 Å². The number of ether oxygens (including phenoxy) is 2. The van der Waals surface area contributed by atoms with Gasteiger partial charge in [-0.15, -0.1) is 0 Å². The number of para-hydroxylation sites is 1. The van der Waals surface area contributed by atoms with Gasteiger partial charge in [0.15, 0.2) is 0 Å². The molecule has 0 aliphatic carbocycles. The number of nitrogens with one attached hydrogen (secondary N) is 1. The predicted octanol–water partition coefficient (Wildman–Crippen LogP) is 3.21. The van der Waals surface area contributed by atoms with E-state index in [4.69, 9.17) is 15.2 Å². The molecule has 0 bridgehead atoms. The number of hydrogen-bond acceptors (Lipinski definition) is 4. The lowest BCUT2D eigenvalue weighted by molar-refractivity contribution is 0.338. The van der Waals surface area contributed by atoms with Gasteiger partial charge >= 0.3 is 0 Å². The quantitative estimate of drug-likeness (QED) is 0.838. The first-order chi connectivity index (χ1) is 9.78. The van der Waals surface area contributed by atoms with Crippen molar-refractivity contribution < 1.29 is 9.47 Å². The van der Waals surface area contributed by atoms with E-state index in [0.717, 1.165) is 11.4 Å². The van der Waals surface area contributed by atoms with Gasteiger partial charge in [0.1, 0.15) is 18.1 Å². The van der Waals surface area contributed by atoms with Crippen molar-refractivity contribution in [3.05, 3.63) is 48.0 Å². The third-order valence-electron chi connectivity index (χ3n) is 3.35. The molecule has 0 fully saturated rings. The molecule has 3 N–H and O–H groups in total. The summed E-state index contributed by atoms with van der Waals surface area (Å²) < 4.78 is 11.2. The second-order valence-electron chi connectivity index (χ2n) is 4.73. The molecule has 1 atom stereocenters. The highest BCUT2D eigenvalue weighted by atomic mass is 16.5. The highest BCUT2D eigenvalue weighted by Gasteiger charge is 2.23. The Morgan fingerprint density at radius 1 is 1.30 bits per heavy atom. The molecule has 1 unspecified atom stereocenters. The average Bonchev–Trinajstić information content (AvgIpc) is 2.86. The average molecular weight is 270 g/mol. The number of fused-ring (bicyclic) bond motifs is 1. The van der Waals surface area contributed by atoms with Crippen LogP contribution in [0.4, 0.5) is 11.4 Å². The lowest BCUT2D eigenvalue weighted by Gasteiger charge is -2.15. The molecule has 0 saturated heterocycles. The SMILES string of the molecule is CCOc1cc(NC2COc3ccccc32)ccc1N. The summed E-state index contributed by atoms with van der Waals surface area (Å²) in [4.78, 5) is 0. The first-order valence-corrected chi connectivity index (χ1v) is 6.78. The molecule has 4 nitrogen and oxygen atoms in total. The molecule has 1 aliphatic heterocycles. The number of rotatable bonds is 4. The van der Waals surface area contributed by atoms with E-state index >= 15 is 0 Å². The first kappa shape index (κ1) is 12.7. The molecule has 0 amide bonds. The van der Waals surface area contributed by atoms with E-state index in [-0.39, 0.29) is 6.04 Å². The van der Waals surface area contributed by atoms with Crippen LogP contribution >= 0.6 is 0 Å². The smallest absolute Gasteiger partial charge is 0.144 e. The maximum absolute atomic E-state index is 5.88. The van der Waals surface area contributed by atoms with Gasteiger partial charge in [-0.25, -0.2) is 0 Å². The third-order valence-corrected chi connectivity index (χ3v) is 3.35. The number of benzene rings is 2. The van der Waals surface area contributed by atoms with E-state index in [2.05, 4.69) is 11.4 Å². The summed E-state index contributed by atoms with van der Waals surface area (Å²) in [6.45, 7) is 3.18. The molecule has 2 aromatic carbocycles. The van der Waals surface area contributed by atoms with Crippen LogP contribution in [0.15, 0.2) is 42.5 Å². The lowest BCUT2D eigenvalue weighted by Crippen LogP contribution is -2.12. The standard InChI is InChI=1S/C16H18N2O2/c1-2-19-16-9-11(7-8-13(16)17)18-14-10-20-15-6-4-3-5-12(14)15/h3-9,14,18H,2,10,17H2,1H3. The Bertz CT molecular complexity index is 613. The van der Waals surface area contributed by atoms with Crippen LogP contribution < -0.4 is 20.5 Å². The molecule has 4 heteroatoms. The maximum atomic E-state index is 5.88. The van der Waals surface area contributed by atoms with Gasteiger partial charge in [-0.1, -0.05) is 18.2 Å². The van der Waals surface area contributed by atoms with Gasteiger partial charge in [-0.2, -0.15) is 0 Å². The zero-order valence-electron chi connectivity index (χ0n) is 11.4. The normalized spacial score (nSPS) is 16.4. The monoisotopic (exact) mass is 270 g/mol. The van der Waals surface area contributed by atoms with Crippen molar-refractivity contribution in [1.29, 1.82) is 0 Å². The highest BCUT2D eigenvalue weighted by Crippen LogP contribution is 2.35. The molecule has 0 aromatic heterocycles. The van der Waals surface area contributed by atoms with Crippen LogP contribution in [0.5, 0.6) is 11.5 Å². The minimum absolute atomic E-state index is 0.157. The van der Waals surface area contributed by atoms with Crippen molar-refractivity contribution in [1.82, 2.24) is 0 Å². The van der Waals surface area contributed by atoms with Crippen LogP contribution in [0.1, 0.15) is 18.5 Å². The van der Waals surface area contributed by atoms with E-state index in [1.165, 1.54) is 5.56 Å². The molecule has 20 heavy (non-hydrogen) atoms. The van der Waals surface area contributed by atoms with Gasteiger partial charge in [-0.3, -0.25) is 0 Å². The number of hydrogen-bond donors (Lipinski definition) is 2. The summed E-state index contributed by atoms with van der Waals surface area (Å²) in [5.41, 5.74) is 8.70. The molecular formula is C16H18N2O2. The van der Waals surface area contributed by atoms with Crippen LogP contribution in [0, 0.1) is 0 Å². The molecule has 3 rings (SSSR count). The van der Waals surface area contributed by atoms with Crippen LogP contribution in [0.25, 0.3) is 0 Å². The van der Waals surface area contributed by atoms with Crippen molar-refractivity contribution in [3.8, 4) is 11.5 Å². The summed E-state index contributed by atoms with van der Waals surface area (Å²) in [6.07, 6.45) is 0. The second kappa shape index (κ2) is 5.33. The highest BCUT2D eigenvalue weighted by molar-refractivity contribution is 5.62. The Balaban J connectivity index is 1.81. The zero-order valence-corrected chi connectivity index (χ0v) is 11.4. The van der Waals surface area contributed by atoms with Crippen molar-refractivity contribution in [2.24, 2.45) is 0 Å². The zero-order chi connectivity index (χ0) is 13.9. The summed E-state index contributed by atoms with van der Waals surface area (Å²) >= 11 is 0. The van der Waals surface area contributed by atoms with Crippen LogP contribution in [0.3, 0.4) is 0 Å². The Morgan fingerprint density at radius 2 is 2.15 bits per heavy atom. The largest absolute Gasteiger partial charge is 0.492 e. The van der Waals surface area contributed by atoms with Gasteiger partial charge < -0.3 is 20.5 Å². The molecule has 104 valence electrons. The summed E-state index contributed by atoms with van der Waals surface area (Å²) in [5.74, 6) is 1.66. The van der Waals surface area contributed by atoms with Gasteiger partial charge in [-0.05, 0) is 25.1 Å². The van der Waals surface area contributed by atoms with Crippen molar-refractivity contribution in [3.63, 3.8) is 0 Å². The molecule has 1 heterocycles. The Labute approximate surface area is 118 Å². The van der Waals surface area contributed by atoms with E-state index in [9.17, 15) is 0 Å². The predicted molar refractivity (Wildman–Crippen MR) is 80.3 cm³/mol. The van der Waals surface area contributed by atoms with Crippen LogP contribution in [-0.2, 0) is 0 Å². The van der Waals surface area contributed by atoms with E-state index in [1.54, 1.807) is 0 Å². The van der Waals surface area contributed by atoms with Crippen molar-refractivity contribution >= 4 is 11.4 Å². The van der Waals surface area contributed by atoms with Gasteiger partial charge in [0.2, 0.25) is 0 Å². The summed E-state index contributed by atoms with van der Waals surface area (Å²) in [5, 5.41) is 3.46. The minimum Gasteiger partial charge on any atom is -0.492 e. The topological polar surface area (TPSA) is 56.5 Å². The van der Waals surface area contributed by atoms with E-state index < -0.39 is 0 Å². The molecule has 1 aliphatic rings. The molecule has 0 spiro atoms. The second-order valence-corrected chi connectivity index (χ2v) is 4.73. The Hall–Kier alpha value is -2.36. The number of anilines is 2. The van der Waals surface area contributed by atoms with Crippen LogP contribution in [-0.4, -0.2) is 13.2 Å². The third kappa shape index (κ3) is 2.37. The fourth-order valence-corrected chi connectivity index (χ4v) is 2.39. The Kier molecular flexibility index (Phi) is 3.37. The van der Waals surface area contributed by atoms with Gasteiger partial charge in [0.05, 0.1) is 18.3 Å². The molecule has 2 aromatic rings. The van der Waals surface area contributed by atoms with Crippen LogP contribution in [0.2, 0.25) is 0 Å². The molecule has 0 saturated carbocycles. The summed E-state index contributed by atoms with van der Waals surface area (Å²) in [6, 6.07) is 14.0. The number of nitrogen functional groups attached to an aromatic ring is 1. The van der Waals surface area contributed by atoms with E-state index in [0.29, 0.717) is 24.7 Å². The lowest BCUT2D eigenvalue weighted by atomic mass is 10.1. The fourth-order valence-electron chi connectivity index (χ4n) is 2.39. The maximum Gasteiger partial charge on any atom is 0.144 e. The van der Waals surface area contributed by atoms with E-state index in [1.807, 2.05) is 43.3 Å². The number of nitrogens with two attached hydrogens (primary N) is 1. The van der Waals surface area contributed by atoms with Gasteiger partial charge in [0.25, 0.3) is 0 Å². The minimum atomic E-state index is 0.157. The van der Waals surface area contributed by atoms with Gasteiger partial charge in [0, 0.05) is 17.3 Å². The molecular weight excluding hydrogens is 252 g/mol. The molecule has 0 radical (unpaired) electrons. The van der Waals surface area contributed by atoms with Crippen molar-refractivity contribution in [2.75, 3.05) is 24.3 Å². The fraction of sp³-hybridized carbons (Fsp3) is 0.250.